The van der Waals surface area contributed by atoms with E-state index < -0.39 is 0 Å². The van der Waals surface area contributed by atoms with Crippen molar-refractivity contribution < 1.29 is 0 Å². The zero-order valence-corrected chi connectivity index (χ0v) is 16.9. The van der Waals surface area contributed by atoms with Crippen molar-refractivity contribution >= 4 is 34.7 Å². The van der Waals surface area contributed by atoms with Crippen molar-refractivity contribution in [2.45, 2.75) is 13.8 Å². The molecule has 0 spiro atoms. The van der Waals surface area contributed by atoms with Gasteiger partial charge in [0.25, 0.3) is 0 Å². The van der Waals surface area contributed by atoms with Crippen molar-refractivity contribution in [1.29, 1.82) is 0 Å². The lowest BCUT2D eigenvalue weighted by Gasteiger charge is -2.36. The third-order valence-electron chi connectivity index (χ3n) is 5.00. The molecule has 0 radical (unpaired) electrons. The molecule has 0 unspecified atom stereocenters. The first-order valence-corrected chi connectivity index (χ1v) is 9.90. The summed E-state index contributed by atoms with van der Waals surface area (Å²) in [6.07, 6.45) is 0. The summed E-state index contributed by atoms with van der Waals surface area (Å²) in [7, 11) is 0. The number of anilines is 4. The van der Waals surface area contributed by atoms with E-state index in [2.05, 4.69) is 56.5 Å². The number of hydrogen-bond donors (Lipinski definition) is 1. The van der Waals surface area contributed by atoms with Crippen LogP contribution in [-0.4, -0.2) is 36.1 Å². The van der Waals surface area contributed by atoms with Crippen LogP contribution in [0.15, 0.2) is 54.6 Å². The summed E-state index contributed by atoms with van der Waals surface area (Å²) < 4.78 is 0. The van der Waals surface area contributed by atoms with E-state index in [-0.39, 0.29) is 0 Å². The molecule has 1 N–H and O–H groups in total. The fourth-order valence-electron chi connectivity index (χ4n) is 3.49. The van der Waals surface area contributed by atoms with Gasteiger partial charge in [0.1, 0.15) is 5.82 Å². The second kappa shape index (κ2) is 8.07. The summed E-state index contributed by atoms with van der Waals surface area (Å²) in [6, 6.07) is 18.4. The third kappa shape index (κ3) is 4.20. The summed E-state index contributed by atoms with van der Waals surface area (Å²) in [4.78, 5) is 14.1. The number of nitrogens with zero attached hydrogens (tertiary/aromatic N) is 4. The molecule has 0 aliphatic carbocycles. The number of rotatable bonds is 4. The van der Waals surface area contributed by atoms with E-state index >= 15 is 0 Å². The molecule has 0 saturated carbocycles. The molecular formula is C22H24ClN5. The van der Waals surface area contributed by atoms with Crippen molar-refractivity contribution in [3.05, 3.63) is 70.9 Å². The van der Waals surface area contributed by atoms with Crippen molar-refractivity contribution in [3.8, 4) is 0 Å². The van der Waals surface area contributed by atoms with Crippen LogP contribution in [0.4, 0.5) is 23.1 Å². The Hall–Kier alpha value is -2.79. The molecule has 0 bridgehead atoms. The highest BCUT2D eigenvalue weighted by Gasteiger charge is 2.19. The molecule has 5 nitrogen and oxygen atoms in total. The molecule has 4 rings (SSSR count). The zero-order chi connectivity index (χ0) is 19.5. The van der Waals surface area contributed by atoms with Gasteiger partial charge in [-0.3, -0.25) is 0 Å². The van der Waals surface area contributed by atoms with Gasteiger partial charge in [-0.15, -0.1) is 0 Å². The average molecular weight is 394 g/mol. The molecular weight excluding hydrogens is 370 g/mol. The normalized spacial score (nSPS) is 14.2. The molecule has 2 aromatic carbocycles. The second-order valence-corrected chi connectivity index (χ2v) is 7.52. The van der Waals surface area contributed by atoms with Crippen LogP contribution >= 0.6 is 11.6 Å². The van der Waals surface area contributed by atoms with Gasteiger partial charge < -0.3 is 15.1 Å². The number of nitrogens with one attached hydrogen (secondary N) is 1. The van der Waals surface area contributed by atoms with E-state index in [9.17, 15) is 0 Å². The largest absolute Gasteiger partial charge is 0.368 e. The SMILES string of the molecule is Cc1cc(N2CCN(c3ccccc3)CC2)nc(Nc2ccc(Cl)cc2C)n1. The maximum absolute atomic E-state index is 6.06. The van der Waals surface area contributed by atoms with Gasteiger partial charge in [0.05, 0.1) is 0 Å². The number of piperazine rings is 1. The van der Waals surface area contributed by atoms with Crippen LogP contribution in [0.5, 0.6) is 0 Å². The van der Waals surface area contributed by atoms with E-state index in [0.29, 0.717) is 5.95 Å². The van der Waals surface area contributed by atoms with Gasteiger partial charge in [-0.2, -0.15) is 4.98 Å². The maximum atomic E-state index is 6.06. The number of hydrogen-bond acceptors (Lipinski definition) is 5. The minimum absolute atomic E-state index is 0.617. The van der Waals surface area contributed by atoms with Gasteiger partial charge in [-0.25, -0.2) is 4.98 Å². The topological polar surface area (TPSA) is 44.3 Å². The zero-order valence-electron chi connectivity index (χ0n) is 16.2. The molecule has 1 saturated heterocycles. The van der Waals surface area contributed by atoms with Gasteiger partial charge in [-0.05, 0) is 49.7 Å². The van der Waals surface area contributed by atoms with Crippen molar-refractivity contribution in [2.75, 3.05) is 41.3 Å². The van der Waals surface area contributed by atoms with Crippen LogP contribution in [0.3, 0.4) is 0 Å². The van der Waals surface area contributed by atoms with E-state index in [1.807, 2.05) is 32.0 Å². The Kier molecular flexibility index (Phi) is 5.35. The lowest BCUT2D eigenvalue weighted by molar-refractivity contribution is 0.647. The van der Waals surface area contributed by atoms with Gasteiger partial charge in [0, 0.05) is 54.3 Å². The number of halogens is 1. The molecule has 3 aromatic rings. The Labute approximate surface area is 171 Å². The number of para-hydroxylation sites is 1. The molecule has 6 heteroatoms. The molecule has 1 fully saturated rings. The first-order valence-electron chi connectivity index (χ1n) is 9.52. The molecule has 1 aliphatic rings. The number of aryl methyl sites for hydroxylation is 2. The summed E-state index contributed by atoms with van der Waals surface area (Å²) >= 11 is 6.06. The van der Waals surface area contributed by atoms with Crippen molar-refractivity contribution in [2.24, 2.45) is 0 Å². The average Bonchev–Trinajstić information content (AvgIpc) is 2.70. The van der Waals surface area contributed by atoms with Gasteiger partial charge in [0.2, 0.25) is 5.95 Å². The highest BCUT2D eigenvalue weighted by Crippen LogP contribution is 2.24. The first-order chi connectivity index (χ1) is 13.6. The lowest BCUT2D eigenvalue weighted by atomic mass is 10.2. The quantitative estimate of drug-likeness (QED) is 0.688. The van der Waals surface area contributed by atoms with Gasteiger partial charge in [-0.1, -0.05) is 29.8 Å². The van der Waals surface area contributed by atoms with Gasteiger partial charge >= 0.3 is 0 Å². The van der Waals surface area contributed by atoms with Crippen LogP contribution in [0.2, 0.25) is 5.02 Å². The summed E-state index contributed by atoms with van der Waals surface area (Å²) in [5.41, 5.74) is 4.26. The molecule has 0 atom stereocenters. The van der Waals surface area contributed by atoms with Crippen LogP contribution < -0.4 is 15.1 Å². The van der Waals surface area contributed by atoms with E-state index in [1.54, 1.807) is 0 Å². The lowest BCUT2D eigenvalue weighted by Crippen LogP contribution is -2.46. The van der Waals surface area contributed by atoms with Crippen LogP contribution in [-0.2, 0) is 0 Å². The first kappa shape index (κ1) is 18.6. The fraction of sp³-hybridized carbons (Fsp3) is 0.273. The van der Waals surface area contributed by atoms with E-state index in [0.717, 1.165) is 54.0 Å². The Balaban J connectivity index is 1.48. The number of benzene rings is 2. The molecule has 0 amide bonds. The standard InChI is InChI=1S/C22H24ClN5/c1-16-14-18(23)8-9-20(16)25-22-24-17(2)15-21(26-22)28-12-10-27(11-13-28)19-6-4-3-5-7-19/h3-9,14-15H,10-13H2,1-2H3,(H,24,25,26). The number of aromatic nitrogens is 2. The Bertz CT molecular complexity index is 952. The summed E-state index contributed by atoms with van der Waals surface area (Å²) in [6.45, 7) is 7.85. The highest BCUT2D eigenvalue weighted by molar-refractivity contribution is 6.30. The van der Waals surface area contributed by atoms with Gasteiger partial charge in [0.15, 0.2) is 0 Å². The molecule has 1 aliphatic heterocycles. The molecule has 144 valence electrons. The third-order valence-corrected chi connectivity index (χ3v) is 5.24. The Morgan fingerprint density at radius 3 is 2.29 bits per heavy atom. The molecule has 2 heterocycles. The fourth-order valence-corrected chi connectivity index (χ4v) is 3.72. The Morgan fingerprint density at radius 2 is 1.57 bits per heavy atom. The van der Waals surface area contributed by atoms with Crippen LogP contribution in [0.1, 0.15) is 11.3 Å². The minimum Gasteiger partial charge on any atom is -0.368 e. The predicted octanol–water partition coefficient (Wildman–Crippen LogP) is 4.82. The minimum atomic E-state index is 0.617. The van der Waals surface area contributed by atoms with E-state index in [1.165, 1.54) is 5.69 Å². The van der Waals surface area contributed by atoms with Crippen LogP contribution in [0, 0.1) is 13.8 Å². The smallest absolute Gasteiger partial charge is 0.229 e. The Morgan fingerprint density at radius 1 is 0.857 bits per heavy atom. The van der Waals surface area contributed by atoms with E-state index in [4.69, 9.17) is 16.6 Å². The van der Waals surface area contributed by atoms with Crippen molar-refractivity contribution in [3.63, 3.8) is 0 Å². The van der Waals surface area contributed by atoms with Crippen molar-refractivity contribution in [1.82, 2.24) is 9.97 Å². The monoisotopic (exact) mass is 393 g/mol. The summed E-state index contributed by atoms with van der Waals surface area (Å²) in [5.74, 6) is 1.58. The molecule has 1 aromatic heterocycles. The summed E-state index contributed by atoms with van der Waals surface area (Å²) in [5, 5.41) is 4.06. The predicted molar refractivity (Wildman–Crippen MR) is 117 cm³/mol. The maximum Gasteiger partial charge on any atom is 0.229 e. The highest BCUT2D eigenvalue weighted by atomic mass is 35.5. The molecule has 28 heavy (non-hydrogen) atoms. The second-order valence-electron chi connectivity index (χ2n) is 7.09. The van der Waals surface area contributed by atoms with Crippen LogP contribution in [0.25, 0.3) is 0 Å².